The van der Waals surface area contributed by atoms with E-state index in [0.29, 0.717) is 22.9 Å². The number of aliphatic imine (C=N–C) groups is 1. The molecule has 0 aromatic heterocycles. The SMILES string of the molecule is CC(C)C1=C(C(=O)N(C(C)C)[C@H]2C[C@@H](N(C)C(=O)OC(C)(C)C)C2)SC2=N[C@@](C)(c3ccc(Cl)cc3)[C@@H](c3ccc(Cl)cc3)N21. The second-order valence-electron chi connectivity index (χ2n) is 14.0. The molecule has 1 saturated carbocycles. The molecule has 0 unspecified atom stereocenters. The van der Waals surface area contributed by atoms with Crippen molar-refractivity contribution in [2.24, 2.45) is 10.9 Å². The summed E-state index contributed by atoms with van der Waals surface area (Å²) in [6.07, 6.45) is 1.09. The Hall–Kier alpha value is -2.68. The average molecular weight is 672 g/mol. The first-order chi connectivity index (χ1) is 21.0. The van der Waals surface area contributed by atoms with E-state index in [2.05, 4.69) is 51.7 Å². The molecule has 5 rings (SSSR count). The predicted octanol–water partition coefficient (Wildman–Crippen LogP) is 8.87. The number of amides is 2. The van der Waals surface area contributed by atoms with Gasteiger partial charge in [-0.1, -0.05) is 61.3 Å². The number of thioether (sulfide) groups is 1. The highest BCUT2D eigenvalue weighted by Gasteiger charge is 2.54. The van der Waals surface area contributed by atoms with Gasteiger partial charge in [0.05, 0.1) is 6.04 Å². The second-order valence-corrected chi connectivity index (χ2v) is 15.9. The normalized spacial score (nSPS) is 24.5. The molecule has 242 valence electrons. The van der Waals surface area contributed by atoms with Crippen molar-refractivity contribution in [2.45, 2.75) is 104 Å². The molecule has 0 N–H and O–H groups in total. The molecule has 1 aliphatic carbocycles. The summed E-state index contributed by atoms with van der Waals surface area (Å²) in [7, 11) is 1.78. The number of fused-ring (bicyclic) bond motifs is 1. The third kappa shape index (κ3) is 6.48. The lowest BCUT2D eigenvalue weighted by atomic mass is 9.81. The first-order valence-electron chi connectivity index (χ1n) is 15.6. The minimum atomic E-state index is -0.624. The summed E-state index contributed by atoms with van der Waals surface area (Å²) in [6.45, 7) is 16.1. The van der Waals surface area contributed by atoms with Crippen molar-refractivity contribution < 1.29 is 14.3 Å². The van der Waals surface area contributed by atoms with Crippen molar-refractivity contribution in [1.29, 1.82) is 0 Å². The fourth-order valence-corrected chi connectivity index (χ4v) is 8.19. The third-order valence-corrected chi connectivity index (χ3v) is 10.4. The molecule has 1 fully saturated rings. The summed E-state index contributed by atoms with van der Waals surface area (Å²) in [4.78, 5) is 39.3. The highest BCUT2D eigenvalue weighted by molar-refractivity contribution is 8.18. The average Bonchev–Trinajstić information content (AvgIpc) is 3.42. The number of hydrogen-bond acceptors (Lipinski definition) is 6. The molecular weight excluding hydrogens is 627 g/mol. The van der Waals surface area contributed by atoms with Crippen LogP contribution in [0.1, 0.15) is 85.4 Å². The predicted molar refractivity (Wildman–Crippen MR) is 185 cm³/mol. The molecule has 2 aromatic rings. The zero-order valence-corrected chi connectivity index (χ0v) is 29.9. The monoisotopic (exact) mass is 670 g/mol. The number of carbonyl (C=O) groups excluding carboxylic acids is 2. The third-order valence-electron chi connectivity index (χ3n) is 8.87. The fraction of sp³-hybridized carbons (Fsp3) is 0.514. The molecule has 2 atom stereocenters. The largest absolute Gasteiger partial charge is 0.444 e. The van der Waals surface area contributed by atoms with Crippen LogP contribution in [0.5, 0.6) is 0 Å². The van der Waals surface area contributed by atoms with Gasteiger partial charge in [-0.05, 0) is 107 Å². The van der Waals surface area contributed by atoms with Crippen molar-refractivity contribution in [2.75, 3.05) is 7.05 Å². The van der Waals surface area contributed by atoms with Gasteiger partial charge in [0, 0.05) is 40.9 Å². The number of benzene rings is 2. The molecule has 0 spiro atoms. The molecule has 3 aliphatic rings. The minimum Gasteiger partial charge on any atom is -0.444 e. The standard InChI is InChI=1S/C35H44Cl2N4O3S/c1-20(2)28-29(31(42)40(21(3)4)27-18-26(19-27)39(9)33(43)44-34(5,6)7)45-32-38-35(8,23-12-16-25(37)17-13-23)30(41(28)32)22-10-14-24(36)15-11-22/h10-17,20-21,26-27,30H,18-19H2,1-9H3/t26-,27+,30-,35+/m1/s1. The molecule has 2 aromatic carbocycles. The summed E-state index contributed by atoms with van der Waals surface area (Å²) in [6, 6.07) is 15.6. The van der Waals surface area contributed by atoms with Crippen LogP contribution in [0.3, 0.4) is 0 Å². The number of allylic oxidation sites excluding steroid dienone is 1. The van der Waals surface area contributed by atoms with Crippen molar-refractivity contribution in [3.05, 3.63) is 80.3 Å². The Bertz CT molecular complexity index is 1510. The summed E-state index contributed by atoms with van der Waals surface area (Å²) in [5, 5.41) is 2.16. The van der Waals surface area contributed by atoms with Gasteiger partial charge in [0.25, 0.3) is 5.91 Å². The zero-order chi connectivity index (χ0) is 33.0. The maximum atomic E-state index is 14.6. The minimum absolute atomic E-state index is 0.0134. The Kier molecular flexibility index (Phi) is 9.35. The molecule has 2 amide bonds. The quantitative estimate of drug-likeness (QED) is 0.294. The molecule has 2 aliphatic heterocycles. The Morgan fingerprint density at radius 2 is 1.53 bits per heavy atom. The number of amidine groups is 1. The lowest BCUT2D eigenvalue weighted by molar-refractivity contribution is -0.134. The van der Waals surface area contributed by atoms with Crippen LogP contribution >= 0.6 is 35.0 Å². The topological polar surface area (TPSA) is 65.5 Å². The summed E-state index contributed by atoms with van der Waals surface area (Å²) >= 11 is 14.1. The van der Waals surface area contributed by atoms with E-state index in [9.17, 15) is 9.59 Å². The van der Waals surface area contributed by atoms with Crippen LogP contribution in [0.4, 0.5) is 4.79 Å². The van der Waals surface area contributed by atoms with Crippen molar-refractivity contribution >= 4 is 52.1 Å². The van der Waals surface area contributed by atoms with Gasteiger partial charge < -0.3 is 19.4 Å². The second kappa shape index (κ2) is 12.5. The van der Waals surface area contributed by atoms with Crippen molar-refractivity contribution in [3.8, 4) is 0 Å². The van der Waals surface area contributed by atoms with Gasteiger partial charge >= 0.3 is 6.09 Å². The van der Waals surface area contributed by atoms with Gasteiger partial charge in [0.1, 0.15) is 16.0 Å². The maximum Gasteiger partial charge on any atom is 0.410 e. The number of halogens is 2. The van der Waals surface area contributed by atoms with E-state index in [1.54, 1.807) is 11.9 Å². The molecule has 7 nitrogen and oxygen atoms in total. The van der Waals surface area contributed by atoms with Gasteiger partial charge in [-0.15, -0.1) is 0 Å². The summed E-state index contributed by atoms with van der Waals surface area (Å²) < 4.78 is 5.58. The Morgan fingerprint density at radius 1 is 0.978 bits per heavy atom. The van der Waals surface area contributed by atoms with E-state index in [0.717, 1.165) is 26.9 Å². The molecule has 0 bridgehead atoms. The first-order valence-corrected chi connectivity index (χ1v) is 17.2. The smallest absolute Gasteiger partial charge is 0.410 e. The van der Waals surface area contributed by atoms with Crippen LogP contribution in [0.2, 0.25) is 10.0 Å². The number of hydrogen-bond donors (Lipinski definition) is 0. The van der Waals surface area contributed by atoms with Gasteiger partial charge in [-0.25, -0.2) is 9.79 Å². The molecular formula is C35H44Cl2N4O3S. The van der Waals surface area contributed by atoms with Crippen LogP contribution < -0.4 is 0 Å². The molecule has 2 heterocycles. The maximum absolute atomic E-state index is 14.6. The highest BCUT2D eigenvalue weighted by Crippen LogP contribution is 2.56. The van der Waals surface area contributed by atoms with Gasteiger partial charge in [-0.2, -0.15) is 0 Å². The Labute approximate surface area is 282 Å². The van der Waals surface area contributed by atoms with Crippen LogP contribution in [-0.2, 0) is 15.1 Å². The number of rotatable bonds is 7. The van der Waals surface area contributed by atoms with Crippen molar-refractivity contribution in [3.63, 3.8) is 0 Å². The summed E-state index contributed by atoms with van der Waals surface area (Å²) in [5.41, 5.74) is 1.91. The lowest BCUT2D eigenvalue weighted by Gasteiger charge is -2.48. The number of ether oxygens (including phenoxy) is 1. The molecule has 0 radical (unpaired) electrons. The van der Waals surface area contributed by atoms with E-state index in [1.807, 2.05) is 62.1 Å². The number of carbonyl (C=O) groups is 2. The van der Waals surface area contributed by atoms with Crippen molar-refractivity contribution in [1.82, 2.24) is 14.7 Å². The van der Waals surface area contributed by atoms with Crippen LogP contribution in [0.15, 0.2) is 64.1 Å². The first kappa shape index (κ1) is 33.7. The van der Waals surface area contributed by atoms with Crippen LogP contribution in [-0.4, -0.2) is 62.6 Å². The van der Waals surface area contributed by atoms with Crippen LogP contribution in [0.25, 0.3) is 0 Å². The molecule has 0 saturated heterocycles. The van der Waals surface area contributed by atoms with Gasteiger partial charge in [0.15, 0.2) is 5.17 Å². The van der Waals surface area contributed by atoms with E-state index in [-0.39, 0.29) is 42.1 Å². The fourth-order valence-electron chi connectivity index (χ4n) is 6.59. The van der Waals surface area contributed by atoms with E-state index < -0.39 is 11.1 Å². The highest BCUT2D eigenvalue weighted by atomic mass is 35.5. The van der Waals surface area contributed by atoms with Crippen LogP contribution in [0, 0.1) is 5.92 Å². The zero-order valence-electron chi connectivity index (χ0n) is 27.6. The van der Waals surface area contributed by atoms with E-state index >= 15 is 0 Å². The molecule has 45 heavy (non-hydrogen) atoms. The molecule has 10 heteroatoms. The Balaban J connectivity index is 1.47. The summed E-state index contributed by atoms with van der Waals surface area (Å²) in [5.74, 6) is 0.0789. The van der Waals surface area contributed by atoms with E-state index in [4.69, 9.17) is 32.9 Å². The Morgan fingerprint density at radius 3 is 2.04 bits per heavy atom. The van der Waals surface area contributed by atoms with Gasteiger partial charge in [0.2, 0.25) is 0 Å². The van der Waals surface area contributed by atoms with E-state index in [1.165, 1.54) is 11.8 Å². The number of nitrogens with zero attached hydrogens (tertiary/aromatic N) is 4. The van der Waals surface area contributed by atoms with Gasteiger partial charge in [-0.3, -0.25) is 4.79 Å². The lowest BCUT2D eigenvalue weighted by Crippen LogP contribution is -2.58.